The summed E-state index contributed by atoms with van der Waals surface area (Å²) in [6, 6.07) is 17.0. The van der Waals surface area contributed by atoms with E-state index < -0.39 is 32.5 Å². The standard InChI is InChI=1S/C29H35N3O9S2/c1-22-4-9-26(10-5-22)43(36,37)32(27-20-24(38-2)8-13-28(27)39-3)21-29(33)30-14-17-41-23-6-11-25(12-7-23)42(34,35)31-15-18-40-19-16-31/h4-13,20H,14-19,21H2,1-3H3,(H,30,33). The number of rotatable bonds is 13. The van der Waals surface area contributed by atoms with E-state index in [1.807, 2.05) is 6.92 Å². The third-order valence-corrected chi connectivity index (χ3v) is 10.4. The second-order valence-electron chi connectivity index (χ2n) is 9.55. The first kappa shape index (κ1) is 32.1. The van der Waals surface area contributed by atoms with Gasteiger partial charge < -0.3 is 24.3 Å². The summed E-state index contributed by atoms with van der Waals surface area (Å²) >= 11 is 0. The summed E-state index contributed by atoms with van der Waals surface area (Å²) in [4.78, 5) is 13.2. The summed E-state index contributed by atoms with van der Waals surface area (Å²) in [7, 11) is -4.94. The lowest BCUT2D eigenvalue weighted by Crippen LogP contribution is -2.42. The Kier molecular flexibility index (Phi) is 10.5. The van der Waals surface area contributed by atoms with Crippen LogP contribution in [0.25, 0.3) is 0 Å². The maximum absolute atomic E-state index is 13.7. The van der Waals surface area contributed by atoms with Crippen molar-refractivity contribution in [1.82, 2.24) is 9.62 Å². The number of benzene rings is 3. The largest absolute Gasteiger partial charge is 0.497 e. The third-order valence-electron chi connectivity index (χ3n) is 6.68. The number of methoxy groups -OCH3 is 2. The summed E-state index contributed by atoms with van der Waals surface area (Å²) < 4.78 is 77.0. The quantitative estimate of drug-likeness (QED) is 0.281. The molecule has 0 saturated carbocycles. The van der Waals surface area contributed by atoms with Gasteiger partial charge in [-0.1, -0.05) is 17.7 Å². The number of hydrogen-bond donors (Lipinski definition) is 1. The minimum Gasteiger partial charge on any atom is -0.497 e. The van der Waals surface area contributed by atoms with Crippen LogP contribution in [-0.4, -0.2) is 87.3 Å². The Balaban J connectivity index is 1.42. The van der Waals surface area contributed by atoms with E-state index in [2.05, 4.69) is 5.32 Å². The smallest absolute Gasteiger partial charge is 0.264 e. The van der Waals surface area contributed by atoms with E-state index in [0.717, 1.165) is 9.87 Å². The molecule has 1 N–H and O–H groups in total. The monoisotopic (exact) mass is 633 g/mol. The topological polar surface area (TPSA) is 141 Å². The molecule has 12 nitrogen and oxygen atoms in total. The van der Waals surface area contributed by atoms with Crippen molar-refractivity contribution in [2.45, 2.75) is 16.7 Å². The van der Waals surface area contributed by atoms with Crippen molar-refractivity contribution in [3.8, 4) is 17.2 Å². The maximum atomic E-state index is 13.7. The Morgan fingerprint density at radius 2 is 1.51 bits per heavy atom. The molecule has 0 aromatic heterocycles. The van der Waals surface area contributed by atoms with Crippen LogP contribution in [0.5, 0.6) is 17.2 Å². The minimum atomic E-state index is -4.18. The fraction of sp³-hybridized carbons (Fsp3) is 0.345. The van der Waals surface area contributed by atoms with Crippen LogP contribution in [0.1, 0.15) is 5.56 Å². The molecule has 4 rings (SSSR count). The van der Waals surface area contributed by atoms with Gasteiger partial charge in [-0.25, -0.2) is 16.8 Å². The van der Waals surface area contributed by atoms with Gasteiger partial charge in [0.25, 0.3) is 10.0 Å². The molecular weight excluding hydrogens is 598 g/mol. The van der Waals surface area contributed by atoms with Crippen LogP contribution in [0.15, 0.2) is 76.5 Å². The van der Waals surface area contributed by atoms with Crippen molar-refractivity contribution in [3.63, 3.8) is 0 Å². The minimum absolute atomic E-state index is 0.0122. The average Bonchev–Trinajstić information content (AvgIpc) is 3.02. The van der Waals surface area contributed by atoms with Crippen molar-refractivity contribution >= 4 is 31.6 Å². The van der Waals surface area contributed by atoms with Gasteiger partial charge in [0, 0.05) is 19.2 Å². The van der Waals surface area contributed by atoms with Gasteiger partial charge >= 0.3 is 0 Å². The Bertz CT molecular complexity index is 1610. The van der Waals surface area contributed by atoms with Crippen molar-refractivity contribution < 1.29 is 40.6 Å². The molecule has 3 aromatic rings. The number of anilines is 1. The number of carbonyl (C=O) groups excluding carboxylic acids is 1. The molecule has 0 bridgehead atoms. The Labute approximate surface area is 252 Å². The molecule has 1 aliphatic heterocycles. The van der Waals surface area contributed by atoms with Crippen molar-refractivity contribution in [2.24, 2.45) is 0 Å². The molecule has 1 aliphatic rings. The van der Waals surface area contributed by atoms with Crippen molar-refractivity contribution in [1.29, 1.82) is 0 Å². The van der Waals surface area contributed by atoms with Crippen LogP contribution < -0.4 is 23.8 Å². The molecule has 0 radical (unpaired) electrons. The molecule has 1 heterocycles. The molecule has 0 spiro atoms. The van der Waals surface area contributed by atoms with Gasteiger partial charge in [-0.2, -0.15) is 4.31 Å². The highest BCUT2D eigenvalue weighted by atomic mass is 32.2. The lowest BCUT2D eigenvalue weighted by atomic mass is 10.2. The second-order valence-corrected chi connectivity index (χ2v) is 13.3. The SMILES string of the molecule is COc1ccc(OC)c(N(CC(=O)NCCOc2ccc(S(=O)(=O)N3CCOCC3)cc2)S(=O)(=O)c2ccc(C)cc2)c1. The molecule has 14 heteroatoms. The number of nitrogens with one attached hydrogen (secondary N) is 1. The van der Waals surface area contributed by atoms with Crippen molar-refractivity contribution in [2.75, 3.05) is 64.5 Å². The molecule has 232 valence electrons. The molecular formula is C29H35N3O9S2. The molecule has 43 heavy (non-hydrogen) atoms. The van der Waals surface area contributed by atoms with Crippen LogP contribution in [0.3, 0.4) is 0 Å². The molecule has 0 atom stereocenters. The van der Waals surface area contributed by atoms with Gasteiger partial charge in [0.2, 0.25) is 15.9 Å². The average molecular weight is 634 g/mol. The predicted molar refractivity (Wildman–Crippen MR) is 160 cm³/mol. The number of carbonyl (C=O) groups is 1. The zero-order valence-corrected chi connectivity index (χ0v) is 25.8. The van der Waals surface area contributed by atoms with Crippen LogP contribution in [0.4, 0.5) is 5.69 Å². The summed E-state index contributed by atoms with van der Waals surface area (Å²) in [5.74, 6) is 0.472. The summed E-state index contributed by atoms with van der Waals surface area (Å²) in [5.41, 5.74) is 1.02. The third kappa shape index (κ3) is 7.76. The van der Waals surface area contributed by atoms with Gasteiger partial charge in [0.15, 0.2) is 0 Å². The van der Waals surface area contributed by atoms with E-state index in [-0.39, 0.29) is 34.4 Å². The van der Waals surface area contributed by atoms with E-state index in [1.165, 1.54) is 48.9 Å². The highest BCUT2D eigenvalue weighted by Crippen LogP contribution is 2.35. The molecule has 1 fully saturated rings. The number of hydrogen-bond acceptors (Lipinski definition) is 9. The number of aryl methyl sites for hydroxylation is 1. The summed E-state index contributed by atoms with van der Waals surface area (Å²) in [5, 5.41) is 2.67. The second kappa shape index (κ2) is 14.1. The van der Waals surface area contributed by atoms with Gasteiger partial charge in [-0.05, 0) is 55.5 Å². The highest BCUT2D eigenvalue weighted by Gasteiger charge is 2.30. The highest BCUT2D eigenvalue weighted by molar-refractivity contribution is 7.93. The summed E-state index contributed by atoms with van der Waals surface area (Å²) in [6.45, 7) is 2.76. The number of nitrogens with zero attached hydrogens (tertiary/aromatic N) is 2. The van der Waals surface area contributed by atoms with E-state index >= 15 is 0 Å². The molecule has 1 saturated heterocycles. The first-order chi connectivity index (χ1) is 20.6. The lowest BCUT2D eigenvalue weighted by Gasteiger charge is -2.26. The van der Waals surface area contributed by atoms with Crippen LogP contribution in [0.2, 0.25) is 0 Å². The van der Waals surface area contributed by atoms with E-state index in [4.69, 9.17) is 18.9 Å². The summed E-state index contributed by atoms with van der Waals surface area (Å²) in [6.07, 6.45) is 0. The first-order valence-electron chi connectivity index (χ1n) is 13.4. The van der Waals surface area contributed by atoms with E-state index in [9.17, 15) is 21.6 Å². The first-order valence-corrected chi connectivity index (χ1v) is 16.3. The van der Waals surface area contributed by atoms with Gasteiger partial charge in [0.1, 0.15) is 30.4 Å². The Morgan fingerprint density at radius 1 is 0.884 bits per heavy atom. The fourth-order valence-electron chi connectivity index (χ4n) is 4.32. The van der Waals surface area contributed by atoms with Gasteiger partial charge in [-0.3, -0.25) is 9.10 Å². The fourth-order valence-corrected chi connectivity index (χ4v) is 7.15. The lowest BCUT2D eigenvalue weighted by molar-refractivity contribution is -0.119. The van der Waals surface area contributed by atoms with Crippen molar-refractivity contribution in [3.05, 3.63) is 72.3 Å². The van der Waals surface area contributed by atoms with Gasteiger partial charge in [0.05, 0.1) is 49.5 Å². The number of amides is 1. The maximum Gasteiger partial charge on any atom is 0.264 e. The van der Waals surface area contributed by atoms with Crippen LogP contribution >= 0.6 is 0 Å². The molecule has 3 aromatic carbocycles. The zero-order valence-electron chi connectivity index (χ0n) is 24.2. The molecule has 0 unspecified atom stereocenters. The number of sulfonamides is 2. The molecule has 0 aliphatic carbocycles. The van der Waals surface area contributed by atoms with Gasteiger partial charge in [-0.15, -0.1) is 0 Å². The zero-order chi connectivity index (χ0) is 31.0. The Morgan fingerprint density at radius 3 is 2.14 bits per heavy atom. The number of morpholine rings is 1. The van der Waals surface area contributed by atoms with Crippen LogP contribution in [0, 0.1) is 6.92 Å². The Hall–Kier alpha value is -3.85. The van der Waals surface area contributed by atoms with E-state index in [0.29, 0.717) is 37.8 Å². The van der Waals surface area contributed by atoms with E-state index in [1.54, 1.807) is 36.4 Å². The predicted octanol–water partition coefficient (Wildman–Crippen LogP) is 2.42. The number of ether oxygens (including phenoxy) is 4. The molecule has 1 amide bonds. The van der Waals surface area contributed by atoms with Crippen LogP contribution in [-0.2, 0) is 29.6 Å². The normalized spacial score (nSPS) is 14.1.